The number of carbonyl (C=O) groups is 1. The number of aromatic nitrogens is 2. The normalized spacial score (nSPS) is 19.7. The molecule has 0 radical (unpaired) electrons. The van der Waals surface area contributed by atoms with Gasteiger partial charge >= 0.3 is 0 Å². The van der Waals surface area contributed by atoms with Gasteiger partial charge in [0.15, 0.2) is 0 Å². The van der Waals surface area contributed by atoms with E-state index in [1.165, 1.54) is 17.5 Å². The molecule has 5 rings (SSSR count). The first kappa shape index (κ1) is 15.6. The number of likely N-dealkylation sites (tertiary alicyclic amines) is 1. The van der Waals surface area contributed by atoms with Crippen molar-refractivity contribution in [1.82, 2.24) is 14.9 Å². The second-order valence-corrected chi connectivity index (χ2v) is 7.57. The van der Waals surface area contributed by atoms with Gasteiger partial charge in [0.05, 0.1) is 11.0 Å². The van der Waals surface area contributed by atoms with Crippen LogP contribution in [-0.2, 0) is 12.8 Å². The van der Waals surface area contributed by atoms with Gasteiger partial charge in [0.25, 0.3) is 5.91 Å². The molecule has 1 atom stereocenters. The lowest BCUT2D eigenvalue weighted by Crippen LogP contribution is -2.39. The van der Waals surface area contributed by atoms with Crippen LogP contribution in [0.4, 0.5) is 0 Å². The fourth-order valence-electron chi connectivity index (χ4n) is 4.44. The van der Waals surface area contributed by atoms with E-state index in [9.17, 15) is 4.79 Å². The molecule has 1 saturated heterocycles. The number of para-hydroxylation sites is 2. The first-order chi connectivity index (χ1) is 12.8. The van der Waals surface area contributed by atoms with Crippen LogP contribution in [0, 0.1) is 0 Å². The van der Waals surface area contributed by atoms with Crippen LogP contribution < -0.4 is 0 Å². The third-order valence-electron chi connectivity index (χ3n) is 5.85. The van der Waals surface area contributed by atoms with Crippen molar-refractivity contribution in [2.75, 3.05) is 13.1 Å². The van der Waals surface area contributed by atoms with Crippen LogP contribution >= 0.6 is 0 Å². The minimum absolute atomic E-state index is 0.167. The Labute approximate surface area is 153 Å². The monoisotopic (exact) mass is 345 g/mol. The van der Waals surface area contributed by atoms with Gasteiger partial charge in [0.1, 0.15) is 5.82 Å². The van der Waals surface area contributed by atoms with Gasteiger partial charge in [0.2, 0.25) is 0 Å². The Hall–Kier alpha value is -2.62. The van der Waals surface area contributed by atoms with Crippen LogP contribution in [0.15, 0.2) is 42.5 Å². The number of carbonyl (C=O) groups excluding carboxylic acids is 1. The molecule has 0 bridgehead atoms. The number of piperidine rings is 1. The summed E-state index contributed by atoms with van der Waals surface area (Å²) in [4.78, 5) is 23.3. The number of imidazole rings is 1. The summed E-state index contributed by atoms with van der Waals surface area (Å²) in [6, 6.07) is 14.4. The van der Waals surface area contributed by atoms with Gasteiger partial charge in [-0.2, -0.15) is 0 Å². The van der Waals surface area contributed by atoms with Crippen molar-refractivity contribution in [3.63, 3.8) is 0 Å². The zero-order valence-electron chi connectivity index (χ0n) is 14.9. The number of aryl methyl sites for hydroxylation is 2. The topological polar surface area (TPSA) is 49.0 Å². The van der Waals surface area contributed by atoms with Gasteiger partial charge in [-0.15, -0.1) is 0 Å². The minimum atomic E-state index is 0.167. The van der Waals surface area contributed by atoms with Crippen LogP contribution in [0.5, 0.6) is 0 Å². The Morgan fingerprint density at radius 1 is 1.08 bits per heavy atom. The SMILES string of the molecule is O=C(c1ccc2c(c1)CCC2)N1CCCC(c2nc3ccccc3[nH]2)C1. The molecule has 1 N–H and O–H groups in total. The molecule has 1 aliphatic carbocycles. The lowest BCUT2D eigenvalue weighted by Gasteiger charge is -2.32. The second-order valence-electron chi connectivity index (χ2n) is 7.57. The van der Waals surface area contributed by atoms with Crippen molar-refractivity contribution in [3.8, 4) is 0 Å². The zero-order valence-corrected chi connectivity index (χ0v) is 14.9. The van der Waals surface area contributed by atoms with Crippen LogP contribution in [0.2, 0.25) is 0 Å². The molecular formula is C22H23N3O. The summed E-state index contributed by atoms with van der Waals surface area (Å²) in [5.41, 5.74) is 5.70. The molecule has 4 nitrogen and oxygen atoms in total. The zero-order chi connectivity index (χ0) is 17.5. The summed E-state index contributed by atoms with van der Waals surface area (Å²) < 4.78 is 0. The molecule has 1 fully saturated rings. The molecule has 2 aromatic carbocycles. The molecule has 0 spiro atoms. The van der Waals surface area contributed by atoms with E-state index >= 15 is 0 Å². The van der Waals surface area contributed by atoms with Crippen molar-refractivity contribution in [2.45, 2.75) is 38.0 Å². The van der Waals surface area contributed by atoms with E-state index in [0.29, 0.717) is 0 Å². The molecule has 132 valence electrons. The summed E-state index contributed by atoms with van der Waals surface area (Å²) >= 11 is 0. The van der Waals surface area contributed by atoms with E-state index in [0.717, 1.165) is 61.2 Å². The number of fused-ring (bicyclic) bond motifs is 2. The van der Waals surface area contributed by atoms with E-state index in [4.69, 9.17) is 4.98 Å². The maximum atomic E-state index is 13.0. The first-order valence-electron chi connectivity index (χ1n) is 9.64. The number of aromatic amines is 1. The molecule has 4 heteroatoms. The maximum Gasteiger partial charge on any atom is 0.253 e. The number of nitrogens with one attached hydrogen (secondary N) is 1. The van der Waals surface area contributed by atoms with Crippen molar-refractivity contribution in [1.29, 1.82) is 0 Å². The van der Waals surface area contributed by atoms with Gasteiger partial charge in [0, 0.05) is 24.6 Å². The van der Waals surface area contributed by atoms with E-state index in [2.05, 4.69) is 23.2 Å². The number of nitrogens with zero attached hydrogens (tertiary/aromatic N) is 2. The molecule has 1 aliphatic heterocycles. The van der Waals surface area contributed by atoms with Gasteiger partial charge < -0.3 is 9.88 Å². The number of hydrogen-bond donors (Lipinski definition) is 1. The minimum Gasteiger partial charge on any atom is -0.342 e. The molecule has 1 amide bonds. The van der Waals surface area contributed by atoms with E-state index in [-0.39, 0.29) is 11.8 Å². The summed E-state index contributed by atoms with van der Waals surface area (Å²) in [7, 11) is 0. The molecule has 26 heavy (non-hydrogen) atoms. The Bertz CT molecular complexity index is 941. The lowest BCUT2D eigenvalue weighted by molar-refractivity contribution is 0.0705. The summed E-state index contributed by atoms with van der Waals surface area (Å²) in [5.74, 6) is 1.47. The third-order valence-corrected chi connectivity index (χ3v) is 5.85. The molecule has 2 aliphatic rings. The van der Waals surface area contributed by atoms with Crippen LogP contribution in [0.1, 0.15) is 52.5 Å². The summed E-state index contributed by atoms with van der Waals surface area (Å²) in [6.45, 7) is 1.59. The average molecular weight is 345 g/mol. The first-order valence-corrected chi connectivity index (χ1v) is 9.64. The van der Waals surface area contributed by atoms with Crippen LogP contribution in [-0.4, -0.2) is 33.9 Å². The molecule has 2 heterocycles. The third kappa shape index (κ3) is 2.70. The number of amides is 1. The maximum absolute atomic E-state index is 13.0. The number of hydrogen-bond acceptors (Lipinski definition) is 2. The Morgan fingerprint density at radius 2 is 1.96 bits per heavy atom. The van der Waals surface area contributed by atoms with Crippen molar-refractivity contribution in [3.05, 3.63) is 65.0 Å². The summed E-state index contributed by atoms with van der Waals surface area (Å²) in [6.07, 6.45) is 5.58. The van der Waals surface area contributed by atoms with Crippen LogP contribution in [0.3, 0.4) is 0 Å². The average Bonchev–Trinajstić information content (AvgIpc) is 3.33. The lowest BCUT2D eigenvalue weighted by atomic mass is 9.96. The highest BCUT2D eigenvalue weighted by Crippen LogP contribution is 2.29. The molecule has 3 aromatic rings. The Morgan fingerprint density at radius 3 is 2.88 bits per heavy atom. The fourth-order valence-corrected chi connectivity index (χ4v) is 4.44. The van der Waals surface area contributed by atoms with Crippen molar-refractivity contribution >= 4 is 16.9 Å². The molecule has 0 saturated carbocycles. The second kappa shape index (κ2) is 6.27. The number of benzene rings is 2. The predicted molar refractivity (Wildman–Crippen MR) is 102 cm³/mol. The van der Waals surface area contributed by atoms with Crippen molar-refractivity contribution in [2.24, 2.45) is 0 Å². The standard InChI is InChI=1S/C22H23N3O/c26-22(17-11-10-15-5-3-6-16(15)13-17)25-12-4-7-18(14-25)21-23-19-8-1-2-9-20(19)24-21/h1-2,8-11,13,18H,3-7,12,14H2,(H,23,24). The largest absolute Gasteiger partial charge is 0.342 e. The number of H-pyrrole nitrogens is 1. The van der Waals surface area contributed by atoms with Gasteiger partial charge in [-0.3, -0.25) is 4.79 Å². The summed E-state index contributed by atoms with van der Waals surface area (Å²) in [5, 5.41) is 0. The van der Waals surface area contributed by atoms with E-state index in [1.807, 2.05) is 29.2 Å². The van der Waals surface area contributed by atoms with E-state index in [1.54, 1.807) is 0 Å². The van der Waals surface area contributed by atoms with Crippen molar-refractivity contribution < 1.29 is 4.79 Å². The Kier molecular flexibility index (Phi) is 3.77. The van der Waals surface area contributed by atoms with Crippen LogP contribution in [0.25, 0.3) is 11.0 Å². The highest BCUT2D eigenvalue weighted by atomic mass is 16.2. The number of rotatable bonds is 2. The predicted octanol–water partition coefficient (Wildman–Crippen LogP) is 4.07. The van der Waals surface area contributed by atoms with Gasteiger partial charge in [-0.25, -0.2) is 4.98 Å². The van der Waals surface area contributed by atoms with Gasteiger partial charge in [-0.05, 0) is 67.5 Å². The molecule has 1 unspecified atom stereocenters. The van der Waals surface area contributed by atoms with E-state index < -0.39 is 0 Å². The fraction of sp³-hybridized carbons (Fsp3) is 0.364. The quantitative estimate of drug-likeness (QED) is 0.761. The highest BCUT2D eigenvalue weighted by Gasteiger charge is 2.28. The highest BCUT2D eigenvalue weighted by molar-refractivity contribution is 5.94. The Balaban J connectivity index is 1.37. The molecular weight excluding hydrogens is 322 g/mol. The van der Waals surface area contributed by atoms with Gasteiger partial charge in [-0.1, -0.05) is 18.2 Å². The molecule has 1 aromatic heterocycles. The smallest absolute Gasteiger partial charge is 0.253 e.